The summed E-state index contributed by atoms with van der Waals surface area (Å²) in [5.74, 6) is 0. The van der Waals surface area contributed by atoms with E-state index in [-0.39, 0.29) is 0 Å². The van der Waals surface area contributed by atoms with Crippen LogP contribution in [-0.2, 0) is 6.54 Å². The summed E-state index contributed by atoms with van der Waals surface area (Å²) in [6.07, 6.45) is 2.65. The highest BCUT2D eigenvalue weighted by Gasteiger charge is 2.39. The van der Waals surface area contributed by atoms with Crippen LogP contribution in [0.1, 0.15) is 19.0 Å². The molecule has 1 aromatic rings. The number of aromatic nitrogens is 1. The standard InChI is InChI=1S/C11H16N2O/c1-2-11(14)8-13(9-11)7-10-5-3-4-6-12-10/h3-6,14H,2,7-9H2,1H3. The second kappa shape index (κ2) is 3.67. The molecular weight excluding hydrogens is 176 g/mol. The Kier molecular flexibility index (Phi) is 2.52. The molecule has 0 atom stereocenters. The lowest BCUT2D eigenvalue weighted by Gasteiger charge is -2.46. The minimum atomic E-state index is -0.436. The Labute approximate surface area is 84.4 Å². The third kappa shape index (κ3) is 1.94. The van der Waals surface area contributed by atoms with Crippen molar-refractivity contribution in [3.8, 4) is 0 Å². The summed E-state index contributed by atoms with van der Waals surface area (Å²) >= 11 is 0. The Balaban J connectivity index is 1.85. The van der Waals surface area contributed by atoms with E-state index in [4.69, 9.17) is 0 Å². The maximum absolute atomic E-state index is 9.81. The summed E-state index contributed by atoms with van der Waals surface area (Å²) in [5, 5.41) is 9.81. The summed E-state index contributed by atoms with van der Waals surface area (Å²) in [5.41, 5.74) is 0.639. The molecule has 0 bridgehead atoms. The normalized spacial score (nSPS) is 20.4. The highest BCUT2D eigenvalue weighted by atomic mass is 16.3. The summed E-state index contributed by atoms with van der Waals surface area (Å²) in [7, 11) is 0. The Morgan fingerprint density at radius 1 is 1.50 bits per heavy atom. The molecule has 1 aliphatic rings. The Bertz CT molecular complexity index is 293. The van der Waals surface area contributed by atoms with Crippen molar-refractivity contribution in [1.82, 2.24) is 9.88 Å². The molecule has 2 rings (SSSR count). The molecule has 14 heavy (non-hydrogen) atoms. The van der Waals surface area contributed by atoms with Gasteiger partial charge in [0.2, 0.25) is 0 Å². The monoisotopic (exact) mass is 192 g/mol. The van der Waals surface area contributed by atoms with E-state index in [1.54, 1.807) is 6.20 Å². The van der Waals surface area contributed by atoms with Crippen molar-refractivity contribution in [2.24, 2.45) is 0 Å². The SMILES string of the molecule is CCC1(O)CN(Cc2ccccn2)C1. The molecule has 0 radical (unpaired) electrons. The van der Waals surface area contributed by atoms with Gasteiger partial charge in [-0.3, -0.25) is 9.88 Å². The average Bonchev–Trinajstić information content (AvgIpc) is 2.17. The van der Waals surface area contributed by atoms with Crippen LogP contribution in [0.25, 0.3) is 0 Å². The molecule has 1 saturated heterocycles. The zero-order valence-corrected chi connectivity index (χ0v) is 8.48. The zero-order valence-electron chi connectivity index (χ0n) is 8.48. The third-order valence-electron chi connectivity index (χ3n) is 2.81. The van der Waals surface area contributed by atoms with Crippen molar-refractivity contribution in [3.63, 3.8) is 0 Å². The fourth-order valence-electron chi connectivity index (χ4n) is 1.84. The number of β-amino-alcohol motifs (C(OH)–C–C–N with tert-alkyl or cyclic N) is 1. The van der Waals surface area contributed by atoms with Gasteiger partial charge in [-0.25, -0.2) is 0 Å². The van der Waals surface area contributed by atoms with Gasteiger partial charge in [-0.1, -0.05) is 13.0 Å². The molecule has 0 aliphatic carbocycles. The average molecular weight is 192 g/mol. The van der Waals surface area contributed by atoms with E-state index in [0.717, 1.165) is 31.7 Å². The summed E-state index contributed by atoms with van der Waals surface area (Å²) in [6, 6.07) is 5.93. The summed E-state index contributed by atoms with van der Waals surface area (Å²) < 4.78 is 0. The van der Waals surface area contributed by atoms with E-state index in [2.05, 4.69) is 9.88 Å². The first-order valence-electron chi connectivity index (χ1n) is 5.06. The third-order valence-corrected chi connectivity index (χ3v) is 2.81. The molecule has 0 saturated carbocycles. The lowest BCUT2D eigenvalue weighted by atomic mass is 9.91. The van der Waals surface area contributed by atoms with Gasteiger partial charge in [-0.2, -0.15) is 0 Å². The van der Waals surface area contributed by atoms with Crippen molar-refractivity contribution in [2.75, 3.05) is 13.1 Å². The minimum Gasteiger partial charge on any atom is -0.387 e. The number of rotatable bonds is 3. The van der Waals surface area contributed by atoms with Gasteiger partial charge in [0.25, 0.3) is 0 Å². The number of nitrogens with zero attached hydrogens (tertiary/aromatic N) is 2. The maximum atomic E-state index is 9.81. The van der Waals surface area contributed by atoms with Gasteiger partial charge in [0.05, 0.1) is 11.3 Å². The second-order valence-electron chi connectivity index (χ2n) is 4.04. The van der Waals surface area contributed by atoms with Gasteiger partial charge in [0.1, 0.15) is 0 Å². The van der Waals surface area contributed by atoms with E-state index in [0.29, 0.717) is 0 Å². The maximum Gasteiger partial charge on any atom is 0.0897 e. The van der Waals surface area contributed by atoms with Crippen LogP contribution in [-0.4, -0.2) is 33.7 Å². The Morgan fingerprint density at radius 3 is 2.86 bits per heavy atom. The van der Waals surface area contributed by atoms with E-state index < -0.39 is 5.60 Å². The molecule has 0 unspecified atom stereocenters. The summed E-state index contributed by atoms with van der Waals surface area (Å²) in [6.45, 7) is 4.43. The van der Waals surface area contributed by atoms with Crippen LogP contribution in [0.2, 0.25) is 0 Å². The largest absolute Gasteiger partial charge is 0.387 e. The molecule has 0 aromatic carbocycles. The Morgan fingerprint density at radius 2 is 2.29 bits per heavy atom. The molecule has 2 heterocycles. The molecule has 76 valence electrons. The number of hydrogen-bond donors (Lipinski definition) is 1. The molecule has 1 fully saturated rings. The predicted molar refractivity (Wildman–Crippen MR) is 54.8 cm³/mol. The van der Waals surface area contributed by atoms with Crippen molar-refractivity contribution >= 4 is 0 Å². The first-order chi connectivity index (χ1) is 6.72. The van der Waals surface area contributed by atoms with Crippen LogP contribution in [0.5, 0.6) is 0 Å². The van der Waals surface area contributed by atoms with Gasteiger partial charge >= 0.3 is 0 Å². The smallest absolute Gasteiger partial charge is 0.0897 e. The van der Waals surface area contributed by atoms with Crippen molar-refractivity contribution in [1.29, 1.82) is 0 Å². The molecule has 0 spiro atoms. The van der Waals surface area contributed by atoms with Gasteiger partial charge in [-0.05, 0) is 18.6 Å². The van der Waals surface area contributed by atoms with E-state index in [1.165, 1.54) is 0 Å². The predicted octanol–water partition coefficient (Wildman–Crippen LogP) is 1.04. The van der Waals surface area contributed by atoms with E-state index >= 15 is 0 Å². The van der Waals surface area contributed by atoms with E-state index in [9.17, 15) is 5.11 Å². The molecule has 1 N–H and O–H groups in total. The number of pyridine rings is 1. The number of aliphatic hydroxyl groups is 1. The molecule has 1 aliphatic heterocycles. The van der Waals surface area contributed by atoms with Crippen LogP contribution < -0.4 is 0 Å². The van der Waals surface area contributed by atoms with Crippen molar-refractivity contribution < 1.29 is 5.11 Å². The van der Waals surface area contributed by atoms with Crippen LogP contribution in [0.4, 0.5) is 0 Å². The van der Waals surface area contributed by atoms with Gasteiger partial charge < -0.3 is 5.11 Å². The lowest BCUT2D eigenvalue weighted by Crippen LogP contribution is -2.60. The van der Waals surface area contributed by atoms with Crippen LogP contribution in [0.15, 0.2) is 24.4 Å². The fraction of sp³-hybridized carbons (Fsp3) is 0.545. The van der Waals surface area contributed by atoms with Gasteiger partial charge in [0.15, 0.2) is 0 Å². The van der Waals surface area contributed by atoms with Crippen LogP contribution in [0.3, 0.4) is 0 Å². The highest BCUT2D eigenvalue weighted by molar-refractivity contribution is 5.05. The number of likely N-dealkylation sites (tertiary alicyclic amines) is 1. The number of hydrogen-bond acceptors (Lipinski definition) is 3. The molecule has 1 aromatic heterocycles. The highest BCUT2D eigenvalue weighted by Crippen LogP contribution is 2.24. The molecule has 3 nitrogen and oxygen atoms in total. The van der Waals surface area contributed by atoms with E-state index in [1.807, 2.05) is 25.1 Å². The van der Waals surface area contributed by atoms with Crippen LogP contribution in [0, 0.1) is 0 Å². The minimum absolute atomic E-state index is 0.436. The molecule has 3 heteroatoms. The Hall–Kier alpha value is -0.930. The van der Waals surface area contributed by atoms with Crippen LogP contribution >= 0.6 is 0 Å². The quantitative estimate of drug-likeness (QED) is 0.777. The fourth-order valence-corrected chi connectivity index (χ4v) is 1.84. The topological polar surface area (TPSA) is 36.4 Å². The second-order valence-corrected chi connectivity index (χ2v) is 4.04. The van der Waals surface area contributed by atoms with Crippen molar-refractivity contribution in [2.45, 2.75) is 25.5 Å². The van der Waals surface area contributed by atoms with Gasteiger partial charge in [-0.15, -0.1) is 0 Å². The van der Waals surface area contributed by atoms with Gasteiger partial charge in [0, 0.05) is 25.8 Å². The molecular formula is C11H16N2O. The lowest BCUT2D eigenvalue weighted by molar-refractivity contribution is -0.103. The first-order valence-corrected chi connectivity index (χ1v) is 5.06. The summed E-state index contributed by atoms with van der Waals surface area (Å²) in [4.78, 5) is 6.46. The zero-order chi connectivity index (χ0) is 10.0. The van der Waals surface area contributed by atoms with Crippen molar-refractivity contribution in [3.05, 3.63) is 30.1 Å². The first kappa shape index (κ1) is 9.62. The molecule has 0 amide bonds.